The van der Waals surface area contributed by atoms with Gasteiger partial charge >= 0.3 is 12.2 Å². The molecule has 0 spiro atoms. The second-order valence-electron chi connectivity index (χ2n) is 6.93. The highest BCUT2D eigenvalue weighted by Crippen LogP contribution is 2.34. The van der Waals surface area contributed by atoms with E-state index >= 15 is 0 Å². The van der Waals surface area contributed by atoms with Gasteiger partial charge in [0.25, 0.3) is 11.8 Å². The molecule has 3 aromatic rings. The number of carbonyl (C=O) groups excluding carboxylic acids is 3. The second kappa shape index (κ2) is 8.19. The summed E-state index contributed by atoms with van der Waals surface area (Å²) in [6.45, 7) is 0. The summed E-state index contributed by atoms with van der Waals surface area (Å²) in [6, 6.07) is 11.7. The SMILES string of the molecule is O=C(Nc1ccc(Oc2ccc3c(c2)C(=O)NC3=O)cc1)Nc1cc(C(F)(F)F)ccc1O. The summed E-state index contributed by atoms with van der Waals surface area (Å²) in [7, 11) is 0. The van der Waals surface area contributed by atoms with Crippen LogP contribution in [0.3, 0.4) is 0 Å². The van der Waals surface area contributed by atoms with Crippen LogP contribution in [0.25, 0.3) is 0 Å². The Morgan fingerprint density at radius 1 is 0.848 bits per heavy atom. The van der Waals surface area contributed by atoms with Gasteiger partial charge in [-0.25, -0.2) is 4.79 Å². The van der Waals surface area contributed by atoms with Gasteiger partial charge in [-0.05, 0) is 60.7 Å². The fourth-order valence-corrected chi connectivity index (χ4v) is 3.05. The third-order valence-corrected chi connectivity index (χ3v) is 4.63. The highest BCUT2D eigenvalue weighted by molar-refractivity contribution is 6.21. The molecule has 0 atom stereocenters. The molecule has 3 aromatic carbocycles. The van der Waals surface area contributed by atoms with Crippen molar-refractivity contribution in [3.8, 4) is 17.2 Å². The number of phenols is 1. The number of benzene rings is 3. The van der Waals surface area contributed by atoms with Gasteiger partial charge in [-0.3, -0.25) is 14.9 Å². The monoisotopic (exact) mass is 457 g/mol. The number of alkyl halides is 3. The molecular formula is C22H14F3N3O5. The fourth-order valence-electron chi connectivity index (χ4n) is 3.05. The number of hydrogen-bond acceptors (Lipinski definition) is 5. The zero-order valence-electron chi connectivity index (χ0n) is 16.5. The zero-order chi connectivity index (χ0) is 23.8. The van der Waals surface area contributed by atoms with E-state index in [2.05, 4.69) is 16.0 Å². The van der Waals surface area contributed by atoms with E-state index in [-0.39, 0.29) is 11.1 Å². The summed E-state index contributed by atoms with van der Waals surface area (Å²) in [5, 5.41) is 16.5. The molecule has 4 N–H and O–H groups in total. The van der Waals surface area contributed by atoms with Crippen LogP contribution in [0.1, 0.15) is 26.3 Å². The molecule has 0 saturated carbocycles. The van der Waals surface area contributed by atoms with Crippen LogP contribution in [-0.2, 0) is 6.18 Å². The van der Waals surface area contributed by atoms with Gasteiger partial charge in [0.15, 0.2) is 0 Å². The van der Waals surface area contributed by atoms with Crippen molar-refractivity contribution in [1.29, 1.82) is 0 Å². The Kier molecular flexibility index (Phi) is 5.38. The molecule has 8 nitrogen and oxygen atoms in total. The lowest BCUT2D eigenvalue weighted by Crippen LogP contribution is -2.20. The maximum Gasteiger partial charge on any atom is 0.416 e. The molecule has 168 valence electrons. The van der Waals surface area contributed by atoms with Crippen LogP contribution in [-0.4, -0.2) is 23.0 Å². The summed E-state index contributed by atoms with van der Waals surface area (Å²) in [6.07, 6.45) is -4.63. The molecule has 0 bridgehead atoms. The number of hydrogen-bond donors (Lipinski definition) is 4. The number of nitrogens with one attached hydrogen (secondary N) is 3. The van der Waals surface area contributed by atoms with Gasteiger partial charge in [0.05, 0.1) is 22.4 Å². The van der Waals surface area contributed by atoms with Crippen molar-refractivity contribution >= 4 is 29.2 Å². The molecule has 0 aliphatic carbocycles. The van der Waals surface area contributed by atoms with Gasteiger partial charge in [-0.1, -0.05) is 0 Å². The predicted octanol–water partition coefficient (Wildman–Crippen LogP) is 4.73. The Labute approximate surface area is 184 Å². The second-order valence-corrected chi connectivity index (χ2v) is 6.93. The number of amides is 4. The van der Waals surface area contributed by atoms with Crippen molar-refractivity contribution in [3.63, 3.8) is 0 Å². The number of halogens is 3. The summed E-state index contributed by atoms with van der Waals surface area (Å²) in [5.74, 6) is -0.837. The summed E-state index contributed by atoms with van der Waals surface area (Å²) >= 11 is 0. The molecular weight excluding hydrogens is 443 g/mol. The molecule has 11 heteroatoms. The van der Waals surface area contributed by atoms with Crippen molar-refractivity contribution in [2.45, 2.75) is 6.18 Å². The lowest BCUT2D eigenvalue weighted by atomic mass is 10.1. The Hall–Kier alpha value is -4.54. The minimum atomic E-state index is -4.63. The Morgan fingerprint density at radius 3 is 2.21 bits per heavy atom. The summed E-state index contributed by atoms with van der Waals surface area (Å²) in [5.41, 5.74) is -0.674. The number of urea groups is 1. The Balaban J connectivity index is 1.40. The maximum atomic E-state index is 12.8. The van der Waals surface area contributed by atoms with Crippen molar-refractivity contribution < 1.29 is 37.4 Å². The average molecular weight is 457 g/mol. The van der Waals surface area contributed by atoms with Gasteiger partial charge in [0.2, 0.25) is 0 Å². The number of fused-ring (bicyclic) bond motifs is 1. The number of phenolic OH excluding ortho intramolecular Hbond substituents is 1. The smallest absolute Gasteiger partial charge is 0.416 e. The number of imide groups is 1. The number of aromatic hydroxyl groups is 1. The lowest BCUT2D eigenvalue weighted by molar-refractivity contribution is -0.137. The van der Waals surface area contributed by atoms with Crippen LogP contribution in [0.15, 0.2) is 60.7 Å². The first-order chi connectivity index (χ1) is 15.6. The van der Waals surface area contributed by atoms with Crippen LogP contribution < -0.4 is 20.7 Å². The lowest BCUT2D eigenvalue weighted by Gasteiger charge is -2.12. The van der Waals surface area contributed by atoms with E-state index in [4.69, 9.17) is 4.74 Å². The molecule has 1 aliphatic rings. The van der Waals surface area contributed by atoms with Crippen LogP contribution in [0.4, 0.5) is 29.3 Å². The van der Waals surface area contributed by atoms with Gasteiger partial charge in [0, 0.05) is 5.69 Å². The molecule has 0 unspecified atom stereocenters. The van der Waals surface area contributed by atoms with Crippen LogP contribution in [0.5, 0.6) is 17.2 Å². The van der Waals surface area contributed by atoms with E-state index in [9.17, 15) is 32.7 Å². The normalized spacial score (nSPS) is 12.7. The van der Waals surface area contributed by atoms with Gasteiger partial charge in [0.1, 0.15) is 17.2 Å². The molecule has 1 aliphatic heterocycles. The first-order valence-electron chi connectivity index (χ1n) is 9.36. The average Bonchev–Trinajstić information content (AvgIpc) is 3.03. The predicted molar refractivity (Wildman–Crippen MR) is 111 cm³/mol. The summed E-state index contributed by atoms with van der Waals surface area (Å²) < 4.78 is 44.1. The largest absolute Gasteiger partial charge is 0.506 e. The molecule has 0 fully saturated rings. The Morgan fingerprint density at radius 2 is 1.52 bits per heavy atom. The third-order valence-electron chi connectivity index (χ3n) is 4.63. The molecule has 33 heavy (non-hydrogen) atoms. The topological polar surface area (TPSA) is 117 Å². The standard InChI is InChI=1S/C22H14F3N3O5/c23-22(24,25)11-1-8-18(29)17(9-11)27-21(32)26-12-2-4-13(5-3-12)33-14-6-7-15-16(10-14)20(31)28-19(15)30/h1-10,29H,(H2,26,27,32)(H,28,30,31). The number of rotatable bonds is 4. The van der Waals surface area contributed by atoms with Gasteiger partial charge < -0.3 is 20.5 Å². The molecule has 4 rings (SSSR count). The first kappa shape index (κ1) is 21.7. The Bertz CT molecular complexity index is 1270. The summed E-state index contributed by atoms with van der Waals surface area (Å²) in [4.78, 5) is 35.5. The number of carbonyl (C=O) groups is 3. The van der Waals surface area contributed by atoms with Crippen molar-refractivity contribution in [3.05, 3.63) is 77.4 Å². The number of anilines is 2. The van der Waals surface area contributed by atoms with Gasteiger partial charge in [-0.2, -0.15) is 13.2 Å². The molecule has 1 heterocycles. The number of ether oxygens (including phenoxy) is 1. The van der Waals surface area contributed by atoms with Gasteiger partial charge in [-0.15, -0.1) is 0 Å². The molecule has 0 aromatic heterocycles. The minimum absolute atomic E-state index is 0.199. The van der Waals surface area contributed by atoms with E-state index in [1.165, 1.54) is 42.5 Å². The van der Waals surface area contributed by atoms with Crippen molar-refractivity contribution in [1.82, 2.24) is 5.32 Å². The van der Waals surface area contributed by atoms with E-state index < -0.39 is 41.0 Å². The highest BCUT2D eigenvalue weighted by Gasteiger charge is 2.31. The van der Waals surface area contributed by atoms with Crippen molar-refractivity contribution in [2.24, 2.45) is 0 Å². The third kappa shape index (κ3) is 4.71. The van der Waals surface area contributed by atoms with Crippen molar-refractivity contribution in [2.75, 3.05) is 10.6 Å². The van der Waals surface area contributed by atoms with E-state index in [1.807, 2.05) is 0 Å². The molecule has 4 amide bonds. The van der Waals surface area contributed by atoms with Crippen LogP contribution in [0, 0.1) is 0 Å². The van der Waals surface area contributed by atoms with Crippen LogP contribution >= 0.6 is 0 Å². The van der Waals surface area contributed by atoms with E-state index in [0.29, 0.717) is 29.3 Å². The highest BCUT2D eigenvalue weighted by atomic mass is 19.4. The minimum Gasteiger partial charge on any atom is -0.506 e. The molecule has 0 radical (unpaired) electrons. The maximum absolute atomic E-state index is 12.8. The van der Waals surface area contributed by atoms with E-state index in [0.717, 1.165) is 6.07 Å². The molecule has 0 saturated heterocycles. The van der Waals surface area contributed by atoms with Crippen LogP contribution in [0.2, 0.25) is 0 Å². The van der Waals surface area contributed by atoms with E-state index in [1.54, 1.807) is 0 Å². The quantitative estimate of drug-likeness (QED) is 0.334. The first-order valence-corrected chi connectivity index (χ1v) is 9.36. The fraction of sp³-hybridized carbons (Fsp3) is 0.0455. The zero-order valence-corrected chi connectivity index (χ0v) is 16.5.